The first-order valence-electron chi connectivity index (χ1n) is 4.72. The Morgan fingerprint density at radius 2 is 2.11 bits per heavy atom. The second-order valence-corrected chi connectivity index (χ2v) is 4.01. The molecule has 3 N–H and O–H groups in total. The number of ether oxygens (including phenoxy) is 1. The van der Waals surface area contributed by atoms with Gasteiger partial charge < -0.3 is 4.74 Å². The summed E-state index contributed by atoms with van der Waals surface area (Å²) in [6, 6.07) is 4.53. The first-order chi connectivity index (χ1) is 8.60. The average molecular weight is 289 g/mol. The summed E-state index contributed by atoms with van der Waals surface area (Å²) in [5.41, 5.74) is 2.18. The summed E-state index contributed by atoms with van der Waals surface area (Å²) in [6.45, 7) is 0. The Morgan fingerprint density at radius 1 is 1.33 bits per heavy atom. The van der Waals surface area contributed by atoms with E-state index < -0.39 is 5.82 Å². The molecule has 1 aromatic heterocycles. The van der Waals surface area contributed by atoms with Gasteiger partial charge in [0.1, 0.15) is 5.75 Å². The Balaban J connectivity index is 2.33. The zero-order valence-electron chi connectivity index (χ0n) is 8.82. The highest BCUT2D eigenvalue weighted by Gasteiger charge is 2.11. The number of nitrogens with zero attached hydrogens (tertiary/aromatic N) is 2. The van der Waals surface area contributed by atoms with E-state index in [1.54, 1.807) is 6.07 Å². The second-order valence-electron chi connectivity index (χ2n) is 3.17. The van der Waals surface area contributed by atoms with Gasteiger partial charge in [-0.05, 0) is 18.2 Å². The van der Waals surface area contributed by atoms with Crippen molar-refractivity contribution in [3.8, 4) is 11.6 Å². The molecule has 0 amide bonds. The maximum absolute atomic E-state index is 13.4. The van der Waals surface area contributed by atoms with Crippen LogP contribution in [0.4, 0.5) is 10.3 Å². The largest absolute Gasteiger partial charge is 0.435 e. The predicted octanol–water partition coefficient (Wildman–Crippen LogP) is 3.00. The third kappa shape index (κ3) is 2.79. The number of nitrogen functional groups attached to an aromatic ring is 1. The first kappa shape index (κ1) is 12.8. The van der Waals surface area contributed by atoms with Crippen molar-refractivity contribution in [3.63, 3.8) is 0 Å². The van der Waals surface area contributed by atoms with Crippen LogP contribution in [0.5, 0.6) is 11.6 Å². The molecule has 8 heteroatoms. The van der Waals surface area contributed by atoms with Gasteiger partial charge in [0.15, 0.2) is 0 Å². The molecule has 2 aromatic rings. The van der Waals surface area contributed by atoms with Gasteiger partial charge in [-0.25, -0.2) is 10.8 Å². The molecule has 0 aliphatic heterocycles. The minimum atomic E-state index is -0.736. The molecular weight excluding hydrogens is 282 g/mol. The molecule has 0 bridgehead atoms. The van der Waals surface area contributed by atoms with E-state index in [-0.39, 0.29) is 22.6 Å². The SMILES string of the molecule is NNc1ncc(F)c(Oc2ccc(Cl)cc2Cl)n1. The third-order valence-electron chi connectivity index (χ3n) is 1.94. The maximum atomic E-state index is 13.4. The Bertz CT molecular complexity index is 582. The monoisotopic (exact) mass is 288 g/mol. The summed E-state index contributed by atoms with van der Waals surface area (Å²) >= 11 is 11.6. The number of hydrazine groups is 1. The minimum Gasteiger partial charge on any atom is -0.435 e. The number of anilines is 1. The predicted molar refractivity (Wildman–Crippen MR) is 66.3 cm³/mol. The van der Waals surface area contributed by atoms with Crippen LogP contribution in [-0.4, -0.2) is 9.97 Å². The highest BCUT2D eigenvalue weighted by atomic mass is 35.5. The molecule has 2 rings (SSSR count). The molecule has 18 heavy (non-hydrogen) atoms. The molecule has 94 valence electrons. The van der Waals surface area contributed by atoms with E-state index in [1.807, 2.05) is 0 Å². The van der Waals surface area contributed by atoms with Crippen LogP contribution in [-0.2, 0) is 0 Å². The normalized spacial score (nSPS) is 10.2. The lowest BCUT2D eigenvalue weighted by Gasteiger charge is -2.08. The molecule has 0 unspecified atom stereocenters. The highest BCUT2D eigenvalue weighted by Crippen LogP contribution is 2.31. The number of nitrogens with two attached hydrogens (primary N) is 1. The van der Waals surface area contributed by atoms with Gasteiger partial charge in [0.2, 0.25) is 11.8 Å². The van der Waals surface area contributed by atoms with Crippen molar-refractivity contribution in [1.29, 1.82) is 0 Å². The zero-order chi connectivity index (χ0) is 13.1. The highest BCUT2D eigenvalue weighted by molar-refractivity contribution is 6.35. The lowest BCUT2D eigenvalue weighted by molar-refractivity contribution is 0.421. The standard InChI is InChI=1S/C10H7Cl2FN4O/c11-5-1-2-8(6(12)3-5)18-9-7(13)4-15-10(16-9)17-14/h1-4H,14H2,(H,15,16,17). The Hall–Kier alpha value is -1.63. The van der Waals surface area contributed by atoms with Crippen molar-refractivity contribution in [3.05, 3.63) is 40.3 Å². The van der Waals surface area contributed by atoms with Gasteiger partial charge in [0, 0.05) is 5.02 Å². The van der Waals surface area contributed by atoms with Crippen molar-refractivity contribution < 1.29 is 9.13 Å². The Morgan fingerprint density at radius 3 is 2.78 bits per heavy atom. The van der Waals surface area contributed by atoms with Gasteiger partial charge >= 0.3 is 0 Å². The molecule has 5 nitrogen and oxygen atoms in total. The molecule has 0 fully saturated rings. The average Bonchev–Trinajstić information content (AvgIpc) is 2.35. The molecule has 0 atom stereocenters. The van der Waals surface area contributed by atoms with E-state index in [1.165, 1.54) is 12.1 Å². The summed E-state index contributed by atoms with van der Waals surface area (Å²) in [4.78, 5) is 7.29. The fourth-order valence-corrected chi connectivity index (χ4v) is 1.60. The van der Waals surface area contributed by atoms with Crippen LogP contribution in [0.1, 0.15) is 0 Å². The molecule has 0 saturated carbocycles. The lowest BCUT2D eigenvalue weighted by Crippen LogP contribution is -2.11. The summed E-state index contributed by atoms with van der Waals surface area (Å²) < 4.78 is 18.6. The first-order valence-corrected chi connectivity index (χ1v) is 5.48. The number of nitrogens with one attached hydrogen (secondary N) is 1. The van der Waals surface area contributed by atoms with Crippen molar-refractivity contribution in [2.45, 2.75) is 0 Å². The molecule has 1 aromatic carbocycles. The maximum Gasteiger partial charge on any atom is 0.260 e. The molecule has 0 saturated heterocycles. The van der Waals surface area contributed by atoms with E-state index in [0.717, 1.165) is 6.20 Å². The molecule has 0 aliphatic rings. The van der Waals surface area contributed by atoms with Crippen LogP contribution in [0.2, 0.25) is 10.0 Å². The quantitative estimate of drug-likeness (QED) is 0.671. The summed E-state index contributed by atoms with van der Waals surface area (Å²) in [6.07, 6.45) is 0.932. The molecule has 0 radical (unpaired) electrons. The van der Waals surface area contributed by atoms with Gasteiger partial charge in [0.05, 0.1) is 11.2 Å². The van der Waals surface area contributed by atoms with E-state index >= 15 is 0 Å². The van der Waals surface area contributed by atoms with Gasteiger partial charge in [-0.1, -0.05) is 23.2 Å². The molecule has 0 spiro atoms. The number of aromatic nitrogens is 2. The number of benzene rings is 1. The summed E-state index contributed by atoms with van der Waals surface area (Å²) in [5, 5.41) is 0.683. The number of halogens is 3. The van der Waals surface area contributed by atoms with Crippen LogP contribution >= 0.6 is 23.2 Å². The summed E-state index contributed by atoms with van der Waals surface area (Å²) in [7, 11) is 0. The number of hydrogen-bond donors (Lipinski definition) is 2. The summed E-state index contributed by atoms with van der Waals surface area (Å²) in [5.74, 6) is 4.34. The van der Waals surface area contributed by atoms with Gasteiger partial charge in [-0.15, -0.1) is 0 Å². The van der Waals surface area contributed by atoms with Crippen molar-refractivity contribution in [2.75, 3.05) is 5.43 Å². The van der Waals surface area contributed by atoms with Crippen LogP contribution in [0.15, 0.2) is 24.4 Å². The molecular formula is C10H7Cl2FN4O. The zero-order valence-corrected chi connectivity index (χ0v) is 10.3. The van der Waals surface area contributed by atoms with Crippen LogP contribution < -0.4 is 16.0 Å². The van der Waals surface area contributed by atoms with Crippen molar-refractivity contribution in [2.24, 2.45) is 5.84 Å². The molecule has 1 heterocycles. The third-order valence-corrected chi connectivity index (χ3v) is 2.47. The van der Waals surface area contributed by atoms with Crippen LogP contribution in [0.3, 0.4) is 0 Å². The fourth-order valence-electron chi connectivity index (χ4n) is 1.15. The number of hydrogen-bond acceptors (Lipinski definition) is 5. The topological polar surface area (TPSA) is 73.1 Å². The van der Waals surface area contributed by atoms with Crippen molar-refractivity contribution >= 4 is 29.2 Å². The number of rotatable bonds is 3. The Labute approximate surface area is 112 Å². The Kier molecular flexibility index (Phi) is 3.81. The van der Waals surface area contributed by atoms with Crippen LogP contribution in [0.25, 0.3) is 0 Å². The van der Waals surface area contributed by atoms with E-state index in [0.29, 0.717) is 5.02 Å². The lowest BCUT2D eigenvalue weighted by atomic mass is 10.3. The van der Waals surface area contributed by atoms with Gasteiger partial charge in [-0.3, -0.25) is 5.43 Å². The van der Waals surface area contributed by atoms with Gasteiger partial charge in [-0.2, -0.15) is 9.37 Å². The van der Waals surface area contributed by atoms with Crippen LogP contribution in [0, 0.1) is 5.82 Å². The van der Waals surface area contributed by atoms with E-state index in [2.05, 4.69) is 15.4 Å². The van der Waals surface area contributed by atoms with E-state index in [4.69, 9.17) is 33.8 Å². The fraction of sp³-hybridized carbons (Fsp3) is 0. The minimum absolute atomic E-state index is 0.0245. The van der Waals surface area contributed by atoms with Gasteiger partial charge in [0.25, 0.3) is 5.88 Å². The van der Waals surface area contributed by atoms with Crippen molar-refractivity contribution in [1.82, 2.24) is 9.97 Å². The van der Waals surface area contributed by atoms with E-state index in [9.17, 15) is 4.39 Å². The second kappa shape index (κ2) is 5.34. The molecule has 0 aliphatic carbocycles. The smallest absolute Gasteiger partial charge is 0.260 e.